The molecular weight excluding hydrogens is 288 g/mol. The van der Waals surface area contributed by atoms with E-state index in [9.17, 15) is 9.90 Å². The molecule has 0 aromatic carbocycles. The van der Waals surface area contributed by atoms with E-state index >= 15 is 0 Å². The summed E-state index contributed by atoms with van der Waals surface area (Å²) in [6, 6.07) is 4.93. The average molecular weight is 306 g/mol. The summed E-state index contributed by atoms with van der Waals surface area (Å²) >= 11 is 0. The predicted molar refractivity (Wildman–Crippen MR) is 75.0 cm³/mol. The quantitative estimate of drug-likeness (QED) is 0.864. The summed E-state index contributed by atoms with van der Waals surface area (Å²) in [5.74, 6) is 0.846. The third-order valence-corrected chi connectivity index (χ3v) is 3.86. The largest absolute Gasteiger partial charge is 0.453 e. The maximum atomic E-state index is 12.3. The fourth-order valence-corrected chi connectivity index (χ4v) is 2.73. The molecule has 22 heavy (non-hydrogen) atoms. The molecule has 2 atom stereocenters. The van der Waals surface area contributed by atoms with Gasteiger partial charge in [-0.2, -0.15) is 0 Å². The number of hydrogen-bond donors (Lipinski definition) is 2. The lowest BCUT2D eigenvalue weighted by atomic mass is 10.0. The van der Waals surface area contributed by atoms with Crippen LogP contribution in [-0.4, -0.2) is 45.4 Å². The van der Waals surface area contributed by atoms with Crippen LogP contribution in [0.2, 0.25) is 0 Å². The number of hydrogen-bond acceptors (Lipinski definition) is 6. The SMILES string of the molecule is Cc1cc(C[C@@H]2CN(C(=O)c3ccc(CO)o3)C[C@@H]2O)on1. The van der Waals surface area contributed by atoms with Crippen LogP contribution in [0.1, 0.15) is 27.8 Å². The Hall–Kier alpha value is -2.12. The Morgan fingerprint density at radius 2 is 2.23 bits per heavy atom. The summed E-state index contributed by atoms with van der Waals surface area (Å²) in [5, 5.41) is 22.9. The van der Waals surface area contributed by atoms with Crippen molar-refractivity contribution in [1.29, 1.82) is 0 Å². The molecule has 0 radical (unpaired) electrons. The number of rotatable bonds is 4. The van der Waals surface area contributed by atoms with E-state index in [-0.39, 0.29) is 30.7 Å². The van der Waals surface area contributed by atoms with Crippen LogP contribution in [-0.2, 0) is 13.0 Å². The van der Waals surface area contributed by atoms with Crippen molar-refractivity contribution in [3.8, 4) is 0 Å². The molecule has 2 aromatic heterocycles. The van der Waals surface area contributed by atoms with Gasteiger partial charge < -0.3 is 24.1 Å². The third kappa shape index (κ3) is 2.90. The van der Waals surface area contributed by atoms with Crippen molar-refractivity contribution < 1.29 is 23.9 Å². The molecule has 118 valence electrons. The first-order valence-corrected chi connectivity index (χ1v) is 7.16. The molecule has 1 saturated heterocycles. The van der Waals surface area contributed by atoms with Gasteiger partial charge in [0.05, 0.1) is 11.8 Å². The highest BCUT2D eigenvalue weighted by atomic mass is 16.5. The topological polar surface area (TPSA) is 99.9 Å². The molecule has 3 heterocycles. The fraction of sp³-hybridized carbons (Fsp3) is 0.467. The lowest BCUT2D eigenvalue weighted by Gasteiger charge is -2.14. The first-order chi connectivity index (χ1) is 10.6. The summed E-state index contributed by atoms with van der Waals surface area (Å²) in [4.78, 5) is 13.9. The zero-order chi connectivity index (χ0) is 15.7. The minimum Gasteiger partial charge on any atom is -0.453 e. The van der Waals surface area contributed by atoms with Gasteiger partial charge in [-0.25, -0.2) is 0 Å². The van der Waals surface area contributed by atoms with E-state index in [1.165, 1.54) is 6.07 Å². The van der Waals surface area contributed by atoms with Gasteiger partial charge in [-0.05, 0) is 19.1 Å². The molecule has 0 aliphatic carbocycles. The van der Waals surface area contributed by atoms with Gasteiger partial charge in [-0.15, -0.1) is 0 Å². The predicted octanol–water partition coefficient (Wildman–Crippen LogP) is 0.744. The summed E-state index contributed by atoms with van der Waals surface area (Å²) < 4.78 is 10.4. The lowest BCUT2D eigenvalue weighted by molar-refractivity contribution is 0.0729. The Morgan fingerprint density at radius 1 is 1.41 bits per heavy atom. The number of β-amino-alcohol motifs (C(OH)–C–C–N with tert-alkyl or cyclic N) is 1. The van der Waals surface area contributed by atoms with Crippen molar-refractivity contribution in [2.24, 2.45) is 5.92 Å². The highest BCUT2D eigenvalue weighted by Gasteiger charge is 2.36. The van der Waals surface area contributed by atoms with Crippen LogP contribution >= 0.6 is 0 Å². The van der Waals surface area contributed by atoms with Crippen molar-refractivity contribution in [3.05, 3.63) is 41.2 Å². The second kappa shape index (κ2) is 5.94. The van der Waals surface area contributed by atoms with E-state index in [4.69, 9.17) is 14.0 Å². The molecule has 0 saturated carbocycles. The number of aromatic nitrogens is 1. The number of carbonyl (C=O) groups is 1. The summed E-state index contributed by atoms with van der Waals surface area (Å²) in [7, 11) is 0. The van der Waals surface area contributed by atoms with Crippen LogP contribution in [0.15, 0.2) is 27.1 Å². The van der Waals surface area contributed by atoms with Crippen molar-refractivity contribution in [2.75, 3.05) is 13.1 Å². The highest BCUT2D eigenvalue weighted by molar-refractivity contribution is 5.91. The number of carbonyl (C=O) groups excluding carboxylic acids is 1. The Labute approximate surface area is 127 Å². The number of nitrogens with zero attached hydrogens (tertiary/aromatic N) is 2. The fourth-order valence-electron chi connectivity index (χ4n) is 2.73. The molecule has 7 nitrogen and oxygen atoms in total. The zero-order valence-corrected chi connectivity index (χ0v) is 12.2. The summed E-state index contributed by atoms with van der Waals surface area (Å²) in [6.45, 7) is 2.27. The first-order valence-electron chi connectivity index (χ1n) is 7.16. The van der Waals surface area contributed by atoms with Gasteiger partial charge >= 0.3 is 0 Å². The van der Waals surface area contributed by atoms with Gasteiger partial charge in [0.25, 0.3) is 5.91 Å². The number of aliphatic hydroxyl groups is 2. The maximum absolute atomic E-state index is 12.3. The lowest BCUT2D eigenvalue weighted by Crippen LogP contribution is -2.29. The van der Waals surface area contributed by atoms with E-state index in [1.807, 2.05) is 13.0 Å². The average Bonchev–Trinajstić information content (AvgIpc) is 3.20. The second-order valence-electron chi connectivity index (χ2n) is 5.60. The van der Waals surface area contributed by atoms with E-state index in [1.54, 1.807) is 11.0 Å². The van der Waals surface area contributed by atoms with Gasteiger partial charge in [0.1, 0.15) is 18.1 Å². The summed E-state index contributed by atoms with van der Waals surface area (Å²) in [6.07, 6.45) is -0.0760. The van der Waals surface area contributed by atoms with Gasteiger partial charge in [0.15, 0.2) is 5.76 Å². The van der Waals surface area contributed by atoms with Gasteiger partial charge in [0.2, 0.25) is 0 Å². The van der Waals surface area contributed by atoms with Crippen molar-refractivity contribution >= 4 is 5.91 Å². The molecule has 2 N–H and O–H groups in total. The normalized spacial score (nSPS) is 21.5. The van der Waals surface area contributed by atoms with E-state index in [0.717, 1.165) is 5.69 Å². The van der Waals surface area contributed by atoms with E-state index in [0.29, 0.717) is 24.5 Å². The Bertz CT molecular complexity index is 662. The number of aliphatic hydroxyl groups excluding tert-OH is 2. The molecular formula is C15H18N2O5. The third-order valence-electron chi connectivity index (χ3n) is 3.86. The van der Waals surface area contributed by atoms with Crippen LogP contribution in [0.5, 0.6) is 0 Å². The molecule has 3 rings (SSSR count). The molecule has 1 amide bonds. The standard InChI is InChI=1S/C15H18N2O5/c1-9-4-12(22-16-9)5-10-6-17(7-13(10)19)15(20)14-3-2-11(8-18)21-14/h2-4,10,13,18-19H,5-8H2,1H3/t10-,13+/m1/s1. The van der Waals surface area contributed by atoms with Gasteiger partial charge in [-0.3, -0.25) is 4.79 Å². The molecule has 0 unspecified atom stereocenters. The maximum Gasteiger partial charge on any atom is 0.289 e. The monoisotopic (exact) mass is 306 g/mol. The first kappa shape index (κ1) is 14.8. The van der Waals surface area contributed by atoms with E-state index in [2.05, 4.69) is 5.16 Å². The van der Waals surface area contributed by atoms with Gasteiger partial charge in [-0.1, -0.05) is 5.16 Å². The van der Waals surface area contributed by atoms with Crippen LogP contribution < -0.4 is 0 Å². The number of furan rings is 1. The number of amides is 1. The van der Waals surface area contributed by atoms with Crippen molar-refractivity contribution in [2.45, 2.75) is 26.1 Å². The Kier molecular flexibility index (Phi) is 4.00. The van der Waals surface area contributed by atoms with Gasteiger partial charge in [0, 0.05) is 31.5 Å². The smallest absolute Gasteiger partial charge is 0.289 e. The molecule has 7 heteroatoms. The molecule has 0 spiro atoms. The number of likely N-dealkylation sites (tertiary alicyclic amines) is 1. The summed E-state index contributed by atoms with van der Waals surface area (Å²) in [5.41, 5.74) is 0.794. The Balaban J connectivity index is 1.65. The van der Waals surface area contributed by atoms with Crippen LogP contribution in [0, 0.1) is 12.8 Å². The van der Waals surface area contributed by atoms with Crippen LogP contribution in [0.25, 0.3) is 0 Å². The molecule has 1 aliphatic rings. The second-order valence-corrected chi connectivity index (χ2v) is 5.60. The van der Waals surface area contributed by atoms with Crippen LogP contribution in [0.3, 0.4) is 0 Å². The molecule has 0 bridgehead atoms. The minimum atomic E-state index is -0.610. The molecule has 1 fully saturated rings. The Morgan fingerprint density at radius 3 is 2.86 bits per heavy atom. The zero-order valence-electron chi connectivity index (χ0n) is 12.2. The molecule has 2 aromatic rings. The minimum absolute atomic E-state index is 0.0939. The highest BCUT2D eigenvalue weighted by Crippen LogP contribution is 2.24. The van der Waals surface area contributed by atoms with Crippen molar-refractivity contribution in [3.63, 3.8) is 0 Å². The van der Waals surface area contributed by atoms with Crippen molar-refractivity contribution in [1.82, 2.24) is 10.1 Å². The van der Waals surface area contributed by atoms with E-state index < -0.39 is 6.10 Å². The van der Waals surface area contributed by atoms with Crippen LogP contribution in [0.4, 0.5) is 0 Å². The number of aryl methyl sites for hydroxylation is 1. The molecule has 1 aliphatic heterocycles.